The number of rotatable bonds is 7. The van der Waals surface area contributed by atoms with Crippen molar-refractivity contribution in [3.05, 3.63) is 11.6 Å². The minimum Gasteiger partial charge on any atom is -0.312 e. The van der Waals surface area contributed by atoms with Crippen LogP contribution >= 0.6 is 0 Å². The van der Waals surface area contributed by atoms with E-state index in [4.69, 9.17) is 5.10 Å². The van der Waals surface area contributed by atoms with Crippen LogP contribution in [0.25, 0.3) is 0 Å². The summed E-state index contributed by atoms with van der Waals surface area (Å²) in [7, 11) is 0. The zero-order valence-electron chi connectivity index (χ0n) is 16.6. The number of aromatic nitrogens is 3. The van der Waals surface area contributed by atoms with Gasteiger partial charge in [0.2, 0.25) is 0 Å². The molecule has 3 saturated carbocycles. The molecule has 3 aliphatic rings. The van der Waals surface area contributed by atoms with Crippen molar-refractivity contribution in [2.75, 3.05) is 0 Å². The van der Waals surface area contributed by atoms with Gasteiger partial charge in [0.25, 0.3) is 0 Å². The number of hydrogen-bond acceptors (Lipinski definition) is 2. The zero-order chi connectivity index (χ0) is 17.4. The Hall–Kier alpha value is -0.860. The molecule has 1 aromatic heterocycles. The third-order valence-electron chi connectivity index (χ3n) is 6.94. The fourth-order valence-electron chi connectivity index (χ4n) is 5.29. The fraction of sp³-hybridized carbons (Fsp3) is 0.905. The molecule has 3 aliphatic carbocycles. The Balaban J connectivity index is 1.81. The maximum Gasteiger partial charge on any atom is 0.139 e. The van der Waals surface area contributed by atoms with Crippen LogP contribution in [0.15, 0.2) is 0 Å². The Morgan fingerprint density at radius 2 is 1.54 bits per heavy atom. The third kappa shape index (κ3) is 3.04. The van der Waals surface area contributed by atoms with Crippen molar-refractivity contribution in [2.45, 2.75) is 116 Å². The van der Waals surface area contributed by atoms with Gasteiger partial charge in [-0.1, -0.05) is 40.0 Å². The molecule has 0 spiro atoms. The molecule has 1 heterocycles. The van der Waals surface area contributed by atoms with Crippen LogP contribution in [-0.2, 0) is 5.41 Å². The normalized spacial score (nSPS) is 29.8. The molecule has 24 heavy (non-hydrogen) atoms. The van der Waals surface area contributed by atoms with Gasteiger partial charge >= 0.3 is 0 Å². The zero-order valence-corrected chi connectivity index (χ0v) is 16.6. The second-order valence-electron chi connectivity index (χ2n) is 9.24. The first kappa shape index (κ1) is 17.9. The summed E-state index contributed by atoms with van der Waals surface area (Å²) >= 11 is 0. The molecule has 3 fully saturated rings. The smallest absolute Gasteiger partial charge is 0.139 e. The van der Waals surface area contributed by atoms with E-state index in [2.05, 4.69) is 44.3 Å². The largest absolute Gasteiger partial charge is 0.312 e. The molecule has 0 atom stereocenters. The SMILES string of the molecule is CCCCCC12CCC(c3nnc(C(C)C)n3C(C)C)(CC1)CC2. The van der Waals surface area contributed by atoms with E-state index in [9.17, 15) is 0 Å². The van der Waals surface area contributed by atoms with Gasteiger partial charge in [0.1, 0.15) is 11.6 Å². The molecular weight excluding hydrogens is 294 g/mol. The van der Waals surface area contributed by atoms with Crippen molar-refractivity contribution in [3.8, 4) is 0 Å². The molecule has 2 bridgehead atoms. The number of fused-ring (bicyclic) bond motifs is 3. The molecule has 3 heteroatoms. The van der Waals surface area contributed by atoms with Gasteiger partial charge in [-0.15, -0.1) is 10.2 Å². The maximum absolute atomic E-state index is 4.76. The van der Waals surface area contributed by atoms with E-state index in [1.807, 2.05) is 0 Å². The van der Waals surface area contributed by atoms with Crippen molar-refractivity contribution in [1.82, 2.24) is 14.8 Å². The minimum absolute atomic E-state index is 0.316. The first-order valence-electron chi connectivity index (χ1n) is 10.4. The van der Waals surface area contributed by atoms with Crippen molar-refractivity contribution in [1.29, 1.82) is 0 Å². The van der Waals surface area contributed by atoms with E-state index in [1.165, 1.54) is 75.9 Å². The van der Waals surface area contributed by atoms with Crippen LogP contribution in [0.1, 0.15) is 122 Å². The Labute approximate surface area is 148 Å². The summed E-state index contributed by atoms with van der Waals surface area (Å²) in [5, 5.41) is 9.37. The predicted molar refractivity (Wildman–Crippen MR) is 100 cm³/mol. The maximum atomic E-state index is 4.76. The third-order valence-corrected chi connectivity index (χ3v) is 6.94. The summed E-state index contributed by atoms with van der Waals surface area (Å²) in [5.74, 6) is 2.94. The second-order valence-corrected chi connectivity index (χ2v) is 9.24. The van der Waals surface area contributed by atoms with E-state index in [1.54, 1.807) is 0 Å². The molecule has 0 aliphatic heterocycles. The first-order valence-corrected chi connectivity index (χ1v) is 10.4. The predicted octanol–water partition coefficient (Wildman–Crippen LogP) is 6.15. The number of hydrogen-bond donors (Lipinski definition) is 0. The lowest BCUT2D eigenvalue weighted by Crippen LogP contribution is -2.45. The molecule has 0 saturated heterocycles. The molecule has 1 aromatic rings. The quantitative estimate of drug-likeness (QED) is 0.561. The summed E-state index contributed by atoms with van der Waals surface area (Å²) in [5.41, 5.74) is 0.984. The lowest BCUT2D eigenvalue weighted by Gasteiger charge is -2.53. The van der Waals surface area contributed by atoms with Crippen molar-refractivity contribution in [2.24, 2.45) is 5.41 Å². The highest BCUT2D eigenvalue weighted by Gasteiger charge is 2.51. The van der Waals surface area contributed by atoms with Crippen LogP contribution in [0.3, 0.4) is 0 Å². The van der Waals surface area contributed by atoms with Gasteiger partial charge in [-0.25, -0.2) is 0 Å². The molecule has 0 N–H and O–H groups in total. The number of nitrogens with zero attached hydrogens (tertiary/aromatic N) is 3. The number of unbranched alkanes of at least 4 members (excludes halogenated alkanes) is 2. The van der Waals surface area contributed by atoms with Gasteiger partial charge in [-0.3, -0.25) is 0 Å². The molecule has 0 amide bonds. The summed E-state index contributed by atoms with van der Waals surface area (Å²) in [6, 6.07) is 0.458. The van der Waals surface area contributed by atoms with Gasteiger partial charge in [0.05, 0.1) is 0 Å². The highest BCUT2D eigenvalue weighted by molar-refractivity contribution is 5.19. The Morgan fingerprint density at radius 3 is 2.04 bits per heavy atom. The van der Waals surface area contributed by atoms with Gasteiger partial charge in [-0.05, 0) is 64.2 Å². The highest BCUT2D eigenvalue weighted by atomic mass is 15.3. The van der Waals surface area contributed by atoms with E-state index in [0.717, 1.165) is 0 Å². The Morgan fingerprint density at radius 1 is 0.917 bits per heavy atom. The van der Waals surface area contributed by atoms with Crippen LogP contribution in [0.5, 0.6) is 0 Å². The van der Waals surface area contributed by atoms with Crippen LogP contribution in [-0.4, -0.2) is 14.8 Å². The molecular formula is C21H37N3. The standard InChI is InChI=1S/C21H37N3/c1-6-7-8-9-20-10-13-21(14-11-20,15-12-20)19-23-22-18(16(2)3)24(19)17(4)5/h16-17H,6-15H2,1-5H3. The summed E-state index contributed by atoms with van der Waals surface area (Å²) in [6.45, 7) is 11.4. The first-order chi connectivity index (χ1) is 11.4. The highest BCUT2D eigenvalue weighted by Crippen LogP contribution is 2.59. The summed E-state index contributed by atoms with van der Waals surface area (Å²) in [4.78, 5) is 0. The van der Waals surface area contributed by atoms with E-state index < -0.39 is 0 Å². The summed E-state index contributed by atoms with van der Waals surface area (Å²) in [6.07, 6.45) is 13.9. The summed E-state index contributed by atoms with van der Waals surface area (Å²) < 4.78 is 2.47. The van der Waals surface area contributed by atoms with E-state index in [0.29, 0.717) is 22.8 Å². The monoisotopic (exact) mass is 331 g/mol. The van der Waals surface area contributed by atoms with Crippen LogP contribution < -0.4 is 0 Å². The molecule has 4 rings (SSSR count). The van der Waals surface area contributed by atoms with Crippen LogP contribution in [0, 0.1) is 5.41 Å². The van der Waals surface area contributed by atoms with Gasteiger partial charge in [-0.2, -0.15) is 0 Å². The molecule has 136 valence electrons. The molecule has 0 radical (unpaired) electrons. The van der Waals surface area contributed by atoms with Crippen molar-refractivity contribution < 1.29 is 0 Å². The van der Waals surface area contributed by atoms with E-state index in [-0.39, 0.29) is 0 Å². The second kappa shape index (κ2) is 6.80. The Kier molecular flexibility index (Phi) is 5.09. The lowest BCUT2D eigenvalue weighted by molar-refractivity contribution is 0.0239. The van der Waals surface area contributed by atoms with Crippen LogP contribution in [0.4, 0.5) is 0 Å². The molecule has 0 unspecified atom stereocenters. The van der Waals surface area contributed by atoms with Gasteiger partial charge < -0.3 is 4.57 Å². The van der Waals surface area contributed by atoms with Crippen LogP contribution in [0.2, 0.25) is 0 Å². The fourth-order valence-corrected chi connectivity index (χ4v) is 5.29. The molecule has 3 nitrogen and oxygen atoms in total. The Bertz CT molecular complexity index is 531. The van der Waals surface area contributed by atoms with Crippen molar-refractivity contribution in [3.63, 3.8) is 0 Å². The minimum atomic E-state index is 0.316. The average Bonchev–Trinajstić information content (AvgIpc) is 3.03. The van der Waals surface area contributed by atoms with Crippen molar-refractivity contribution >= 4 is 0 Å². The average molecular weight is 332 g/mol. The topological polar surface area (TPSA) is 30.7 Å². The molecule has 0 aromatic carbocycles. The van der Waals surface area contributed by atoms with Gasteiger partial charge in [0, 0.05) is 17.4 Å². The van der Waals surface area contributed by atoms with Gasteiger partial charge in [0.15, 0.2) is 0 Å². The van der Waals surface area contributed by atoms with E-state index >= 15 is 0 Å². The lowest BCUT2D eigenvalue weighted by atomic mass is 9.52.